The van der Waals surface area contributed by atoms with Gasteiger partial charge in [-0.25, -0.2) is 0 Å². The van der Waals surface area contributed by atoms with Gasteiger partial charge < -0.3 is 9.80 Å². The molecule has 0 unspecified atom stereocenters. The van der Waals surface area contributed by atoms with Gasteiger partial charge in [0, 0.05) is 26.2 Å². The van der Waals surface area contributed by atoms with Crippen LogP contribution in [-0.2, 0) is 10.2 Å². The fourth-order valence-corrected chi connectivity index (χ4v) is 3.28. The summed E-state index contributed by atoms with van der Waals surface area (Å²) in [7, 11) is 2.11. The average Bonchev–Trinajstić information content (AvgIpc) is 2.62. The first kappa shape index (κ1) is 15.8. The summed E-state index contributed by atoms with van der Waals surface area (Å²) >= 11 is 0. The van der Waals surface area contributed by atoms with E-state index in [1.54, 1.807) is 0 Å². The van der Waals surface area contributed by atoms with Crippen LogP contribution in [0.25, 0.3) is 0 Å². The number of amides is 1. The van der Waals surface area contributed by atoms with E-state index in [9.17, 15) is 4.79 Å². The molecule has 3 rings (SSSR count). The van der Waals surface area contributed by atoms with Crippen molar-refractivity contribution in [3.05, 3.63) is 71.8 Å². The number of piperazine rings is 1. The molecule has 1 amide bonds. The molecule has 0 aliphatic carbocycles. The van der Waals surface area contributed by atoms with Gasteiger partial charge in [0.05, 0.1) is 5.41 Å². The van der Waals surface area contributed by atoms with Crippen molar-refractivity contribution >= 4 is 5.91 Å². The molecule has 0 spiro atoms. The lowest BCUT2D eigenvalue weighted by Gasteiger charge is -2.39. The molecular formula is C20H24N2O. The number of nitrogens with zero attached hydrogens (tertiary/aromatic N) is 2. The Morgan fingerprint density at radius 3 is 1.70 bits per heavy atom. The molecule has 0 bridgehead atoms. The predicted molar refractivity (Wildman–Crippen MR) is 93.4 cm³/mol. The molecule has 1 fully saturated rings. The Hall–Kier alpha value is -2.13. The predicted octanol–water partition coefficient (Wildman–Crippen LogP) is 2.77. The zero-order valence-corrected chi connectivity index (χ0v) is 13.9. The third-order valence-corrected chi connectivity index (χ3v) is 4.92. The maximum Gasteiger partial charge on any atom is 0.237 e. The lowest BCUT2D eigenvalue weighted by atomic mass is 9.75. The molecule has 0 radical (unpaired) electrons. The van der Waals surface area contributed by atoms with Crippen LogP contribution >= 0.6 is 0 Å². The Kier molecular flexibility index (Phi) is 4.49. The van der Waals surface area contributed by atoms with Crippen molar-refractivity contribution in [3.63, 3.8) is 0 Å². The van der Waals surface area contributed by atoms with Crippen molar-refractivity contribution < 1.29 is 4.79 Å². The summed E-state index contributed by atoms with van der Waals surface area (Å²) in [6, 6.07) is 20.2. The molecule has 0 N–H and O–H groups in total. The van der Waals surface area contributed by atoms with E-state index in [1.165, 1.54) is 0 Å². The summed E-state index contributed by atoms with van der Waals surface area (Å²) in [5.41, 5.74) is 1.46. The number of carbonyl (C=O) groups is 1. The van der Waals surface area contributed by atoms with Crippen LogP contribution in [-0.4, -0.2) is 48.9 Å². The zero-order chi connectivity index (χ0) is 16.3. The van der Waals surface area contributed by atoms with Crippen molar-refractivity contribution in [1.82, 2.24) is 9.80 Å². The highest BCUT2D eigenvalue weighted by Gasteiger charge is 2.40. The van der Waals surface area contributed by atoms with E-state index in [0.717, 1.165) is 37.3 Å². The van der Waals surface area contributed by atoms with E-state index < -0.39 is 5.41 Å². The number of hydrogen-bond acceptors (Lipinski definition) is 2. The molecule has 1 aliphatic heterocycles. The molecule has 3 nitrogen and oxygen atoms in total. The smallest absolute Gasteiger partial charge is 0.237 e. The average molecular weight is 308 g/mol. The van der Waals surface area contributed by atoms with Gasteiger partial charge in [-0.05, 0) is 25.1 Å². The topological polar surface area (TPSA) is 23.6 Å². The van der Waals surface area contributed by atoms with Gasteiger partial charge in [0.15, 0.2) is 0 Å². The molecule has 2 aromatic rings. The molecule has 0 atom stereocenters. The molecule has 120 valence electrons. The molecule has 3 heteroatoms. The van der Waals surface area contributed by atoms with Crippen molar-refractivity contribution in [2.24, 2.45) is 0 Å². The van der Waals surface area contributed by atoms with Crippen molar-refractivity contribution in [2.75, 3.05) is 33.2 Å². The number of hydrogen-bond donors (Lipinski definition) is 0. The highest BCUT2D eigenvalue weighted by molar-refractivity contribution is 5.91. The minimum absolute atomic E-state index is 0.197. The van der Waals surface area contributed by atoms with E-state index in [4.69, 9.17) is 0 Å². The minimum atomic E-state index is -0.640. The normalized spacial score (nSPS) is 16.3. The Morgan fingerprint density at radius 1 is 0.826 bits per heavy atom. The second-order valence-corrected chi connectivity index (χ2v) is 6.45. The van der Waals surface area contributed by atoms with E-state index in [1.807, 2.05) is 41.3 Å². The van der Waals surface area contributed by atoms with Crippen LogP contribution in [0.4, 0.5) is 0 Å². The summed E-state index contributed by atoms with van der Waals surface area (Å²) < 4.78 is 0. The first-order valence-electron chi connectivity index (χ1n) is 8.21. The maximum absolute atomic E-state index is 13.4. The molecule has 0 aromatic heterocycles. The summed E-state index contributed by atoms with van der Waals surface area (Å²) in [6.07, 6.45) is 0. The van der Waals surface area contributed by atoms with Gasteiger partial charge in [0.2, 0.25) is 5.91 Å². The largest absolute Gasteiger partial charge is 0.339 e. The van der Waals surface area contributed by atoms with Crippen LogP contribution in [0.3, 0.4) is 0 Å². The standard InChI is InChI=1S/C20H24N2O/c1-20(17-9-5-3-6-10-17,18-11-7-4-8-12-18)19(23)22-15-13-21(2)14-16-22/h3-12H,13-16H2,1-2H3. The van der Waals surface area contributed by atoms with Gasteiger partial charge in [-0.2, -0.15) is 0 Å². The third-order valence-electron chi connectivity index (χ3n) is 4.92. The highest BCUT2D eigenvalue weighted by atomic mass is 16.2. The Morgan fingerprint density at radius 2 is 1.26 bits per heavy atom. The van der Waals surface area contributed by atoms with Crippen molar-refractivity contribution in [3.8, 4) is 0 Å². The quantitative estimate of drug-likeness (QED) is 0.870. The molecule has 2 aromatic carbocycles. The second kappa shape index (κ2) is 6.55. The summed E-state index contributed by atoms with van der Waals surface area (Å²) in [6.45, 7) is 5.52. The summed E-state index contributed by atoms with van der Waals surface area (Å²) in [4.78, 5) is 17.7. The first-order chi connectivity index (χ1) is 11.1. The lowest BCUT2D eigenvalue weighted by molar-refractivity contribution is -0.137. The third kappa shape index (κ3) is 3.02. The van der Waals surface area contributed by atoms with E-state index in [-0.39, 0.29) is 5.91 Å². The van der Waals surface area contributed by atoms with Crippen LogP contribution in [0.15, 0.2) is 60.7 Å². The minimum Gasteiger partial charge on any atom is -0.339 e. The fourth-order valence-electron chi connectivity index (χ4n) is 3.28. The Bertz CT molecular complexity index is 606. The Labute approximate surface area is 138 Å². The monoisotopic (exact) mass is 308 g/mol. The molecule has 1 heterocycles. The number of benzene rings is 2. The first-order valence-corrected chi connectivity index (χ1v) is 8.21. The van der Waals surface area contributed by atoms with Crippen LogP contribution in [0.2, 0.25) is 0 Å². The van der Waals surface area contributed by atoms with Gasteiger partial charge in [-0.3, -0.25) is 4.79 Å². The van der Waals surface area contributed by atoms with Gasteiger partial charge in [0.25, 0.3) is 0 Å². The van der Waals surface area contributed by atoms with Gasteiger partial charge in [-0.15, -0.1) is 0 Å². The van der Waals surface area contributed by atoms with E-state index in [0.29, 0.717) is 0 Å². The molecule has 1 saturated heterocycles. The van der Waals surface area contributed by atoms with Crippen LogP contribution in [0, 0.1) is 0 Å². The fraction of sp³-hybridized carbons (Fsp3) is 0.350. The van der Waals surface area contributed by atoms with E-state index >= 15 is 0 Å². The van der Waals surface area contributed by atoms with Crippen LogP contribution in [0.5, 0.6) is 0 Å². The van der Waals surface area contributed by atoms with Gasteiger partial charge >= 0.3 is 0 Å². The molecule has 23 heavy (non-hydrogen) atoms. The van der Waals surface area contributed by atoms with Crippen LogP contribution in [0.1, 0.15) is 18.1 Å². The maximum atomic E-state index is 13.4. The van der Waals surface area contributed by atoms with Crippen LogP contribution < -0.4 is 0 Å². The van der Waals surface area contributed by atoms with E-state index in [2.05, 4.69) is 43.1 Å². The molecular weight excluding hydrogens is 284 g/mol. The number of carbonyl (C=O) groups excluding carboxylic acids is 1. The second-order valence-electron chi connectivity index (χ2n) is 6.45. The number of likely N-dealkylation sites (N-methyl/N-ethyl adjacent to an activating group) is 1. The van der Waals surface area contributed by atoms with Gasteiger partial charge in [0.1, 0.15) is 0 Å². The summed E-state index contributed by atoms with van der Waals surface area (Å²) in [5.74, 6) is 0.197. The summed E-state index contributed by atoms with van der Waals surface area (Å²) in [5, 5.41) is 0. The van der Waals surface area contributed by atoms with Crippen molar-refractivity contribution in [1.29, 1.82) is 0 Å². The number of rotatable bonds is 3. The lowest BCUT2D eigenvalue weighted by Crippen LogP contribution is -2.53. The zero-order valence-electron chi connectivity index (χ0n) is 13.9. The molecule has 0 saturated carbocycles. The van der Waals surface area contributed by atoms with Gasteiger partial charge in [-0.1, -0.05) is 60.7 Å². The highest BCUT2D eigenvalue weighted by Crippen LogP contribution is 2.34. The molecule has 1 aliphatic rings. The van der Waals surface area contributed by atoms with Crippen molar-refractivity contribution in [2.45, 2.75) is 12.3 Å². The SMILES string of the molecule is CN1CCN(C(=O)C(C)(c2ccccc2)c2ccccc2)CC1. The Balaban J connectivity index is 2.01.